The van der Waals surface area contributed by atoms with Gasteiger partial charge in [-0.15, -0.1) is 0 Å². The predicted molar refractivity (Wildman–Crippen MR) is 100 cm³/mol. The number of imidazole rings is 1. The quantitative estimate of drug-likeness (QED) is 0.658. The van der Waals surface area contributed by atoms with Crippen molar-refractivity contribution in [3.05, 3.63) is 49.3 Å². The summed E-state index contributed by atoms with van der Waals surface area (Å²) >= 11 is 0. The number of nitrogens with one attached hydrogen (secondary N) is 2. The number of hydrogen-bond acceptors (Lipinski definition) is 8. The zero-order valence-corrected chi connectivity index (χ0v) is 15.2. The zero-order valence-electron chi connectivity index (χ0n) is 14.4. The lowest BCUT2D eigenvalue weighted by molar-refractivity contribution is 0.598. The molecule has 140 valence electrons. The van der Waals surface area contributed by atoms with E-state index in [1.54, 1.807) is 6.20 Å². The number of H-pyrrole nitrogens is 1. The Morgan fingerprint density at radius 2 is 1.70 bits per heavy atom. The van der Waals surface area contributed by atoms with Crippen molar-refractivity contribution >= 4 is 27.5 Å². The van der Waals surface area contributed by atoms with Gasteiger partial charge in [-0.2, -0.15) is 8.42 Å². The normalized spacial score (nSPS) is 15.0. The summed E-state index contributed by atoms with van der Waals surface area (Å²) in [5.74, 6) is 1.53. The standard InChI is InChI=1S/C16H18N8O2S/c25-27(26,15-11-17-12-21-15)22-13-9-19-16(20-10-13)24-7-5-23(6-8-24)14-3-1-2-4-18-14/h1-4,9-12,22H,5-8H2,(H,17,21). The van der Waals surface area contributed by atoms with Crippen LogP contribution in [0.25, 0.3) is 0 Å². The van der Waals surface area contributed by atoms with Crippen molar-refractivity contribution in [2.45, 2.75) is 5.03 Å². The molecule has 3 aromatic rings. The van der Waals surface area contributed by atoms with E-state index >= 15 is 0 Å². The van der Waals surface area contributed by atoms with E-state index in [2.05, 4.69) is 39.4 Å². The van der Waals surface area contributed by atoms with Gasteiger partial charge in [-0.3, -0.25) is 4.72 Å². The molecular weight excluding hydrogens is 368 g/mol. The molecule has 0 atom stereocenters. The third-order valence-corrected chi connectivity index (χ3v) is 5.50. The minimum Gasteiger partial charge on any atom is -0.353 e. The highest BCUT2D eigenvalue weighted by Gasteiger charge is 2.20. The molecule has 0 bridgehead atoms. The maximum Gasteiger partial charge on any atom is 0.279 e. The van der Waals surface area contributed by atoms with Gasteiger partial charge in [0.15, 0.2) is 5.03 Å². The second-order valence-corrected chi connectivity index (χ2v) is 7.61. The molecule has 3 aromatic heterocycles. The van der Waals surface area contributed by atoms with Crippen molar-refractivity contribution in [3.8, 4) is 0 Å². The second kappa shape index (κ2) is 7.19. The molecule has 4 rings (SSSR count). The van der Waals surface area contributed by atoms with Crippen molar-refractivity contribution in [2.75, 3.05) is 40.7 Å². The Labute approximate surface area is 156 Å². The smallest absolute Gasteiger partial charge is 0.279 e. The summed E-state index contributed by atoms with van der Waals surface area (Å²) in [5.41, 5.74) is 0.292. The first kappa shape index (κ1) is 17.2. The fourth-order valence-electron chi connectivity index (χ4n) is 2.81. The molecule has 1 fully saturated rings. The van der Waals surface area contributed by atoms with Crippen LogP contribution < -0.4 is 14.5 Å². The van der Waals surface area contributed by atoms with Gasteiger partial charge >= 0.3 is 0 Å². The van der Waals surface area contributed by atoms with Gasteiger partial charge in [0.2, 0.25) is 5.95 Å². The summed E-state index contributed by atoms with van der Waals surface area (Å²) in [6.45, 7) is 3.15. The largest absolute Gasteiger partial charge is 0.353 e. The SMILES string of the molecule is O=S(=O)(Nc1cnc(N2CCN(c3ccccn3)CC2)nc1)c1cnc[nH]1. The van der Waals surface area contributed by atoms with Gasteiger partial charge in [-0.1, -0.05) is 6.07 Å². The molecule has 11 heteroatoms. The fraction of sp³-hybridized carbons (Fsp3) is 0.250. The van der Waals surface area contributed by atoms with Gasteiger partial charge < -0.3 is 14.8 Å². The molecule has 1 aliphatic heterocycles. The van der Waals surface area contributed by atoms with E-state index in [-0.39, 0.29) is 5.03 Å². The molecule has 2 N–H and O–H groups in total. The number of nitrogens with zero attached hydrogens (tertiary/aromatic N) is 6. The predicted octanol–water partition coefficient (Wildman–Crippen LogP) is 0.722. The van der Waals surface area contributed by atoms with Crippen molar-refractivity contribution < 1.29 is 8.42 Å². The number of aromatic nitrogens is 5. The Morgan fingerprint density at radius 1 is 0.963 bits per heavy atom. The number of aromatic amines is 1. The Bertz CT molecular complexity index is 969. The molecule has 0 spiro atoms. The van der Waals surface area contributed by atoms with Crippen LogP contribution in [0.2, 0.25) is 0 Å². The van der Waals surface area contributed by atoms with Crippen molar-refractivity contribution in [3.63, 3.8) is 0 Å². The van der Waals surface area contributed by atoms with Gasteiger partial charge in [0.05, 0.1) is 30.6 Å². The van der Waals surface area contributed by atoms with Gasteiger partial charge in [0.25, 0.3) is 10.0 Å². The minimum absolute atomic E-state index is 0.0165. The Kier molecular flexibility index (Phi) is 4.59. The Balaban J connectivity index is 1.39. The number of rotatable bonds is 5. The Morgan fingerprint density at radius 3 is 2.33 bits per heavy atom. The van der Waals surface area contributed by atoms with E-state index in [4.69, 9.17) is 0 Å². The molecule has 0 saturated carbocycles. The maximum absolute atomic E-state index is 12.2. The summed E-state index contributed by atoms with van der Waals surface area (Å²) in [6, 6.07) is 5.86. The van der Waals surface area contributed by atoms with Gasteiger partial charge in [0.1, 0.15) is 5.82 Å². The summed E-state index contributed by atoms with van der Waals surface area (Å²) in [6.07, 6.45) is 7.24. The first-order valence-electron chi connectivity index (χ1n) is 8.36. The minimum atomic E-state index is -3.72. The third kappa shape index (κ3) is 3.82. The zero-order chi connectivity index (χ0) is 18.7. The molecule has 0 aliphatic carbocycles. The average Bonchev–Trinajstić information content (AvgIpc) is 3.25. The monoisotopic (exact) mass is 386 g/mol. The number of pyridine rings is 1. The molecule has 10 nitrogen and oxygen atoms in total. The van der Waals surface area contributed by atoms with Crippen LogP contribution in [-0.2, 0) is 10.0 Å². The molecule has 0 aromatic carbocycles. The maximum atomic E-state index is 12.2. The number of hydrogen-bond donors (Lipinski definition) is 2. The molecule has 1 aliphatic rings. The number of sulfonamides is 1. The van der Waals surface area contributed by atoms with Crippen LogP contribution in [0.15, 0.2) is 54.3 Å². The van der Waals surface area contributed by atoms with Crippen molar-refractivity contribution in [2.24, 2.45) is 0 Å². The molecule has 0 unspecified atom stereocenters. The molecule has 1 saturated heterocycles. The van der Waals surface area contributed by atoms with Crippen molar-refractivity contribution in [1.82, 2.24) is 24.9 Å². The number of piperazine rings is 1. The molecule has 4 heterocycles. The summed E-state index contributed by atoms with van der Waals surface area (Å²) < 4.78 is 26.7. The van der Waals surface area contributed by atoms with Crippen LogP contribution in [0, 0.1) is 0 Å². The van der Waals surface area contributed by atoms with Crippen LogP contribution in [0.5, 0.6) is 0 Å². The highest BCUT2D eigenvalue weighted by Crippen LogP contribution is 2.17. The summed E-state index contributed by atoms with van der Waals surface area (Å²) in [4.78, 5) is 23.5. The van der Waals surface area contributed by atoms with Crippen LogP contribution in [0.4, 0.5) is 17.5 Å². The molecular formula is C16H18N8O2S. The molecule has 0 amide bonds. The first-order chi connectivity index (χ1) is 13.1. The highest BCUT2D eigenvalue weighted by atomic mass is 32.2. The van der Waals surface area contributed by atoms with Crippen LogP contribution in [0.3, 0.4) is 0 Å². The van der Waals surface area contributed by atoms with E-state index in [0.717, 1.165) is 32.0 Å². The van der Waals surface area contributed by atoms with Crippen LogP contribution in [0.1, 0.15) is 0 Å². The highest BCUT2D eigenvalue weighted by molar-refractivity contribution is 7.92. The van der Waals surface area contributed by atoms with Crippen LogP contribution >= 0.6 is 0 Å². The van der Waals surface area contributed by atoms with E-state index in [9.17, 15) is 8.42 Å². The summed E-state index contributed by atoms with van der Waals surface area (Å²) in [5, 5.41) is -0.0165. The second-order valence-electron chi connectivity index (χ2n) is 5.96. The van der Waals surface area contributed by atoms with Gasteiger partial charge in [0, 0.05) is 32.4 Å². The number of anilines is 3. The van der Waals surface area contributed by atoms with E-state index < -0.39 is 10.0 Å². The van der Waals surface area contributed by atoms with E-state index in [1.807, 2.05) is 18.2 Å². The lowest BCUT2D eigenvalue weighted by Crippen LogP contribution is -2.47. The van der Waals surface area contributed by atoms with Crippen LogP contribution in [-0.4, -0.2) is 59.5 Å². The van der Waals surface area contributed by atoms with Gasteiger partial charge in [-0.05, 0) is 12.1 Å². The Hall–Kier alpha value is -3.21. The summed E-state index contributed by atoms with van der Waals surface area (Å²) in [7, 11) is -3.72. The van der Waals surface area contributed by atoms with E-state index in [0.29, 0.717) is 11.6 Å². The average molecular weight is 386 g/mol. The fourth-order valence-corrected chi connectivity index (χ4v) is 3.75. The lowest BCUT2D eigenvalue weighted by Gasteiger charge is -2.35. The van der Waals surface area contributed by atoms with Crippen molar-refractivity contribution in [1.29, 1.82) is 0 Å². The molecule has 27 heavy (non-hydrogen) atoms. The lowest BCUT2D eigenvalue weighted by atomic mass is 10.3. The third-order valence-electron chi connectivity index (χ3n) is 4.19. The van der Waals surface area contributed by atoms with Gasteiger partial charge in [-0.25, -0.2) is 19.9 Å². The first-order valence-corrected chi connectivity index (χ1v) is 9.84. The molecule has 0 radical (unpaired) electrons. The topological polar surface area (TPSA) is 120 Å². The van der Waals surface area contributed by atoms with E-state index in [1.165, 1.54) is 24.9 Å².